The average molecular weight is 334 g/mol. The molecule has 3 aromatic rings. The monoisotopic (exact) mass is 334 g/mol. The van der Waals surface area contributed by atoms with Crippen molar-refractivity contribution in [3.8, 4) is 0 Å². The maximum atomic E-state index is 13.1. The van der Waals surface area contributed by atoms with Crippen LogP contribution in [-0.4, -0.2) is 41.2 Å². The predicted octanol–water partition coefficient (Wildman–Crippen LogP) is 3.55. The standard InChI is InChI=1S/C21H22N2O2/c1-16-13-22(11-12-25-16)21(24)19-15-23(14-17-7-3-2-4-8-17)20-10-6-5-9-18(19)20/h2-10,15-16H,11-14H2,1H3/t16-/m0/s1. The largest absolute Gasteiger partial charge is 0.375 e. The average Bonchev–Trinajstić information content (AvgIpc) is 3.01. The van der Waals surface area contributed by atoms with E-state index in [0.29, 0.717) is 19.7 Å². The molecule has 4 nitrogen and oxygen atoms in total. The Labute approximate surface area is 147 Å². The lowest BCUT2D eigenvalue weighted by Gasteiger charge is -2.31. The third kappa shape index (κ3) is 3.17. The van der Waals surface area contributed by atoms with Crippen LogP contribution in [0.3, 0.4) is 0 Å². The summed E-state index contributed by atoms with van der Waals surface area (Å²) < 4.78 is 7.74. The zero-order chi connectivity index (χ0) is 17.2. The molecular weight excluding hydrogens is 312 g/mol. The molecule has 4 rings (SSSR count). The summed E-state index contributed by atoms with van der Waals surface area (Å²) in [7, 11) is 0. The Hall–Kier alpha value is -2.59. The van der Waals surface area contributed by atoms with Crippen LogP contribution in [-0.2, 0) is 11.3 Å². The third-order valence-corrected chi connectivity index (χ3v) is 4.74. The molecule has 1 aliphatic rings. The summed E-state index contributed by atoms with van der Waals surface area (Å²) in [6, 6.07) is 18.5. The van der Waals surface area contributed by atoms with E-state index in [1.54, 1.807) is 0 Å². The number of morpholine rings is 1. The van der Waals surface area contributed by atoms with Gasteiger partial charge in [0.15, 0.2) is 0 Å². The summed E-state index contributed by atoms with van der Waals surface area (Å²) in [4.78, 5) is 15.0. The fraction of sp³-hybridized carbons (Fsp3) is 0.286. The molecule has 0 bridgehead atoms. The molecule has 1 fully saturated rings. The van der Waals surface area contributed by atoms with E-state index in [1.165, 1.54) is 5.56 Å². The number of aromatic nitrogens is 1. The minimum atomic E-state index is 0.0929. The molecular formula is C21H22N2O2. The van der Waals surface area contributed by atoms with Gasteiger partial charge in [0.2, 0.25) is 0 Å². The molecule has 0 radical (unpaired) electrons. The SMILES string of the molecule is C[C@H]1CN(C(=O)c2cn(Cc3ccccc3)c3ccccc23)CCO1. The van der Waals surface area contributed by atoms with Crippen LogP contribution >= 0.6 is 0 Å². The second-order valence-electron chi connectivity index (χ2n) is 6.61. The molecule has 0 unspecified atom stereocenters. The molecule has 0 saturated carbocycles. The van der Waals surface area contributed by atoms with E-state index in [1.807, 2.05) is 54.4 Å². The fourth-order valence-electron chi connectivity index (χ4n) is 3.50. The van der Waals surface area contributed by atoms with Gasteiger partial charge in [0.25, 0.3) is 5.91 Å². The van der Waals surface area contributed by atoms with Crippen LogP contribution in [0.4, 0.5) is 0 Å². The Morgan fingerprint density at radius 2 is 1.88 bits per heavy atom. The highest BCUT2D eigenvalue weighted by Crippen LogP contribution is 2.24. The number of carbonyl (C=O) groups is 1. The summed E-state index contributed by atoms with van der Waals surface area (Å²) in [5.41, 5.74) is 3.10. The normalized spacial score (nSPS) is 17.8. The minimum absolute atomic E-state index is 0.0929. The molecule has 0 N–H and O–H groups in total. The Morgan fingerprint density at radius 3 is 2.68 bits per heavy atom. The van der Waals surface area contributed by atoms with E-state index in [0.717, 1.165) is 23.0 Å². The molecule has 1 aromatic heterocycles. The van der Waals surface area contributed by atoms with Gasteiger partial charge in [-0.3, -0.25) is 4.79 Å². The molecule has 2 heterocycles. The second-order valence-corrected chi connectivity index (χ2v) is 6.61. The molecule has 2 aromatic carbocycles. The van der Waals surface area contributed by atoms with Crippen LogP contribution in [0.2, 0.25) is 0 Å². The number of hydrogen-bond donors (Lipinski definition) is 0. The highest BCUT2D eigenvalue weighted by atomic mass is 16.5. The second kappa shape index (κ2) is 6.73. The third-order valence-electron chi connectivity index (χ3n) is 4.74. The van der Waals surface area contributed by atoms with Gasteiger partial charge in [-0.05, 0) is 18.6 Å². The van der Waals surface area contributed by atoms with Gasteiger partial charge in [-0.2, -0.15) is 0 Å². The minimum Gasteiger partial charge on any atom is -0.375 e. The highest BCUT2D eigenvalue weighted by molar-refractivity contribution is 6.07. The van der Waals surface area contributed by atoms with Crippen LogP contribution in [0, 0.1) is 0 Å². The molecule has 1 atom stereocenters. The van der Waals surface area contributed by atoms with Crippen molar-refractivity contribution < 1.29 is 9.53 Å². The summed E-state index contributed by atoms with van der Waals surface area (Å²) in [6.07, 6.45) is 2.09. The van der Waals surface area contributed by atoms with Gasteiger partial charge >= 0.3 is 0 Å². The quantitative estimate of drug-likeness (QED) is 0.734. The molecule has 1 amide bonds. The number of nitrogens with zero attached hydrogens (tertiary/aromatic N) is 2. The number of amides is 1. The first-order valence-corrected chi connectivity index (χ1v) is 8.75. The summed E-state index contributed by atoms with van der Waals surface area (Å²) in [6.45, 7) is 4.68. The van der Waals surface area contributed by atoms with Gasteiger partial charge in [0.05, 0.1) is 18.3 Å². The van der Waals surface area contributed by atoms with Crippen molar-refractivity contribution in [3.05, 3.63) is 71.9 Å². The highest BCUT2D eigenvalue weighted by Gasteiger charge is 2.25. The summed E-state index contributed by atoms with van der Waals surface area (Å²) in [5, 5.41) is 1.02. The van der Waals surface area contributed by atoms with Gasteiger partial charge in [0, 0.05) is 36.7 Å². The van der Waals surface area contributed by atoms with Crippen molar-refractivity contribution in [3.63, 3.8) is 0 Å². The number of para-hydroxylation sites is 1. The van der Waals surface area contributed by atoms with Gasteiger partial charge in [-0.1, -0.05) is 48.5 Å². The Balaban J connectivity index is 1.71. The van der Waals surface area contributed by atoms with Crippen molar-refractivity contribution in [2.45, 2.75) is 19.6 Å². The van der Waals surface area contributed by atoms with Crippen LogP contribution in [0.25, 0.3) is 10.9 Å². The molecule has 128 valence electrons. The van der Waals surface area contributed by atoms with E-state index in [2.05, 4.69) is 22.8 Å². The molecule has 1 saturated heterocycles. The zero-order valence-corrected chi connectivity index (χ0v) is 14.4. The molecule has 1 aliphatic heterocycles. The first kappa shape index (κ1) is 15.9. The molecule has 4 heteroatoms. The zero-order valence-electron chi connectivity index (χ0n) is 14.4. The lowest BCUT2D eigenvalue weighted by atomic mass is 10.1. The molecule has 25 heavy (non-hydrogen) atoms. The van der Waals surface area contributed by atoms with Crippen molar-refractivity contribution in [2.24, 2.45) is 0 Å². The first-order valence-electron chi connectivity index (χ1n) is 8.75. The van der Waals surface area contributed by atoms with Gasteiger partial charge in [0.1, 0.15) is 0 Å². The number of carbonyl (C=O) groups excluding carboxylic acids is 1. The molecule has 0 aliphatic carbocycles. The number of rotatable bonds is 3. The summed E-state index contributed by atoms with van der Waals surface area (Å²) >= 11 is 0. The molecule has 0 spiro atoms. The van der Waals surface area contributed by atoms with Gasteiger partial charge in [-0.25, -0.2) is 0 Å². The maximum absolute atomic E-state index is 13.1. The van der Waals surface area contributed by atoms with Crippen LogP contribution in [0.15, 0.2) is 60.8 Å². The van der Waals surface area contributed by atoms with E-state index < -0.39 is 0 Å². The lowest BCUT2D eigenvalue weighted by molar-refractivity contribution is -0.0123. The number of benzene rings is 2. The van der Waals surface area contributed by atoms with Crippen molar-refractivity contribution in [1.29, 1.82) is 0 Å². The van der Waals surface area contributed by atoms with Gasteiger partial charge in [-0.15, -0.1) is 0 Å². The van der Waals surface area contributed by atoms with Crippen molar-refractivity contribution in [1.82, 2.24) is 9.47 Å². The Kier molecular flexibility index (Phi) is 4.28. The number of hydrogen-bond acceptors (Lipinski definition) is 2. The predicted molar refractivity (Wildman–Crippen MR) is 98.8 cm³/mol. The topological polar surface area (TPSA) is 34.5 Å². The van der Waals surface area contributed by atoms with Crippen LogP contribution < -0.4 is 0 Å². The van der Waals surface area contributed by atoms with Gasteiger partial charge < -0.3 is 14.2 Å². The Bertz CT molecular complexity index is 885. The fourth-order valence-corrected chi connectivity index (χ4v) is 3.50. The smallest absolute Gasteiger partial charge is 0.256 e. The van der Waals surface area contributed by atoms with Crippen LogP contribution in [0.1, 0.15) is 22.8 Å². The van der Waals surface area contributed by atoms with E-state index >= 15 is 0 Å². The first-order chi connectivity index (χ1) is 12.2. The lowest BCUT2D eigenvalue weighted by Crippen LogP contribution is -2.44. The summed E-state index contributed by atoms with van der Waals surface area (Å²) in [5.74, 6) is 0.0955. The number of ether oxygens (including phenoxy) is 1. The van der Waals surface area contributed by atoms with Crippen LogP contribution in [0.5, 0.6) is 0 Å². The number of fused-ring (bicyclic) bond motifs is 1. The Morgan fingerprint density at radius 1 is 1.12 bits per heavy atom. The maximum Gasteiger partial charge on any atom is 0.256 e. The van der Waals surface area contributed by atoms with Crippen molar-refractivity contribution >= 4 is 16.8 Å². The van der Waals surface area contributed by atoms with E-state index in [-0.39, 0.29) is 12.0 Å². The van der Waals surface area contributed by atoms with Crippen molar-refractivity contribution in [2.75, 3.05) is 19.7 Å². The van der Waals surface area contributed by atoms with E-state index in [4.69, 9.17) is 4.74 Å². The van der Waals surface area contributed by atoms with E-state index in [9.17, 15) is 4.79 Å².